The lowest BCUT2D eigenvalue weighted by Gasteiger charge is -2.38. The van der Waals surface area contributed by atoms with Crippen molar-refractivity contribution in [1.29, 1.82) is 0 Å². The van der Waals surface area contributed by atoms with Crippen LogP contribution in [-0.2, 0) is 38.6 Å². The van der Waals surface area contributed by atoms with Gasteiger partial charge in [-0.25, -0.2) is 19.0 Å². The minimum atomic E-state index is -4.65. The Hall–Kier alpha value is -6.76. The second-order valence-electron chi connectivity index (χ2n) is 18.1. The first-order valence-electron chi connectivity index (χ1n) is 23.4. The second-order valence-corrected chi connectivity index (χ2v) is 20.1. The number of alkyl halides is 3. The Balaban J connectivity index is 0.000000249. The van der Waals surface area contributed by atoms with Crippen LogP contribution in [0.15, 0.2) is 131 Å². The molecule has 19 heteroatoms. The Morgan fingerprint density at radius 1 is 0.973 bits per heavy atom. The summed E-state index contributed by atoms with van der Waals surface area (Å²) in [6.45, 7) is 7.37. The van der Waals surface area contributed by atoms with Gasteiger partial charge in [-0.2, -0.15) is 21.6 Å². The lowest BCUT2D eigenvalue weighted by Crippen LogP contribution is -2.41. The Bertz CT molecular complexity index is 3170. The number of rotatable bonds is 18. The summed E-state index contributed by atoms with van der Waals surface area (Å²) in [4.78, 5) is 41.6. The molecular formula is C54H56ClF4N3O10S. The molecule has 0 amide bonds. The number of benzene rings is 4. The lowest BCUT2D eigenvalue weighted by atomic mass is 9.80. The van der Waals surface area contributed by atoms with Gasteiger partial charge in [-0.15, -0.1) is 0 Å². The number of aromatic carboxylic acids is 1. The van der Waals surface area contributed by atoms with Crippen molar-refractivity contribution in [3.8, 4) is 5.75 Å². The molecule has 7 rings (SSSR count). The highest BCUT2D eigenvalue weighted by molar-refractivity contribution is 7.92. The average molecular weight is 1050 g/mol. The molecule has 4 N–H and O–H groups in total. The molecular weight excluding hydrogens is 994 g/mol. The van der Waals surface area contributed by atoms with Gasteiger partial charge < -0.3 is 29.4 Å². The number of nitrogens with one attached hydrogen (secondary N) is 1. The highest BCUT2D eigenvalue weighted by Gasteiger charge is 2.43. The van der Waals surface area contributed by atoms with Gasteiger partial charge in [0.2, 0.25) is 5.43 Å². The Morgan fingerprint density at radius 3 is 2.27 bits per heavy atom. The molecule has 0 spiro atoms. The number of aliphatic hydroxyl groups is 2. The monoisotopic (exact) mass is 1050 g/mol. The van der Waals surface area contributed by atoms with Crippen LogP contribution in [0.1, 0.15) is 110 Å². The molecule has 0 aliphatic carbocycles. The van der Waals surface area contributed by atoms with Crippen molar-refractivity contribution in [2.75, 3.05) is 18.4 Å². The molecule has 13 nitrogen and oxygen atoms in total. The number of aromatic nitrogens is 2. The van der Waals surface area contributed by atoms with Crippen molar-refractivity contribution in [2.45, 2.75) is 101 Å². The summed E-state index contributed by atoms with van der Waals surface area (Å²) in [5.41, 5.74) is 0.209. The number of nitrogens with zero attached hydrogens (tertiary/aromatic N) is 2. The predicted molar refractivity (Wildman–Crippen MR) is 269 cm³/mol. The van der Waals surface area contributed by atoms with E-state index in [2.05, 4.69) is 9.71 Å². The quantitative estimate of drug-likeness (QED) is 0.0472. The summed E-state index contributed by atoms with van der Waals surface area (Å²) in [5, 5.41) is 30.2. The fraction of sp³-hybridized carbons (Fsp3) is 0.333. The lowest BCUT2D eigenvalue weighted by molar-refractivity contribution is -0.161. The SMILES string of the molecule is CCC[C@@]1(CCc2ccccc2)CC(O)=C([C@H](CC)c2cccc(NS(=O)(=O)c3ccc(C(F)(F)F)cn3)c2)C(=O)O1.COc1cc2c(cc1Cc1cccc(Cl)c1F)c(=O)c(C(=O)O)cn2[C@H](CO)C(C)C. The maximum Gasteiger partial charge on any atom is 0.417 e. The summed E-state index contributed by atoms with van der Waals surface area (Å²) in [5.74, 6) is -2.79. The molecule has 73 heavy (non-hydrogen) atoms. The number of carbonyl (C=O) groups is 2. The van der Waals surface area contributed by atoms with Crippen LogP contribution in [0.4, 0.5) is 23.2 Å². The van der Waals surface area contributed by atoms with Gasteiger partial charge in [0.1, 0.15) is 28.5 Å². The number of ether oxygens (including phenoxy) is 2. The third-order valence-electron chi connectivity index (χ3n) is 12.8. The summed E-state index contributed by atoms with van der Waals surface area (Å²) >= 11 is 5.88. The molecule has 6 aromatic rings. The van der Waals surface area contributed by atoms with Gasteiger partial charge in [0, 0.05) is 48.3 Å². The molecule has 0 saturated heterocycles. The molecule has 2 aromatic heterocycles. The number of carboxylic acid groups (broad SMARTS) is 1. The van der Waals surface area contributed by atoms with Crippen LogP contribution in [0.2, 0.25) is 5.02 Å². The molecule has 0 saturated carbocycles. The first-order chi connectivity index (χ1) is 34.6. The maximum atomic E-state index is 14.4. The molecule has 0 bridgehead atoms. The molecule has 4 aromatic carbocycles. The molecule has 3 atom stereocenters. The van der Waals surface area contributed by atoms with Crippen molar-refractivity contribution >= 4 is 50.2 Å². The van der Waals surface area contributed by atoms with E-state index in [1.54, 1.807) is 34.9 Å². The number of aryl methyl sites for hydroxylation is 1. The zero-order valence-electron chi connectivity index (χ0n) is 40.7. The van der Waals surface area contributed by atoms with Crippen LogP contribution in [0.3, 0.4) is 0 Å². The van der Waals surface area contributed by atoms with E-state index in [0.29, 0.717) is 65.9 Å². The van der Waals surface area contributed by atoms with E-state index in [-0.39, 0.29) is 52.8 Å². The van der Waals surface area contributed by atoms with E-state index in [1.165, 1.54) is 37.6 Å². The first kappa shape index (κ1) is 55.6. The maximum absolute atomic E-state index is 14.4. The predicted octanol–water partition coefficient (Wildman–Crippen LogP) is 11.6. The number of hydrogen-bond donors (Lipinski definition) is 4. The number of hydrogen-bond acceptors (Lipinski definition) is 10. The van der Waals surface area contributed by atoms with Gasteiger partial charge in [0.05, 0.1) is 41.4 Å². The second kappa shape index (κ2) is 23.4. The number of anilines is 1. The van der Waals surface area contributed by atoms with Crippen molar-refractivity contribution in [1.82, 2.24) is 9.55 Å². The summed E-state index contributed by atoms with van der Waals surface area (Å²) in [6, 6.07) is 24.9. The number of fused-ring (bicyclic) bond motifs is 1. The third-order valence-corrected chi connectivity index (χ3v) is 14.4. The number of pyridine rings is 2. The van der Waals surface area contributed by atoms with Crippen molar-refractivity contribution in [3.63, 3.8) is 0 Å². The van der Waals surface area contributed by atoms with Crippen LogP contribution >= 0.6 is 11.6 Å². The minimum Gasteiger partial charge on any atom is -0.512 e. The van der Waals surface area contributed by atoms with E-state index < -0.39 is 73.1 Å². The highest BCUT2D eigenvalue weighted by Crippen LogP contribution is 2.42. The largest absolute Gasteiger partial charge is 0.512 e. The van der Waals surface area contributed by atoms with Crippen LogP contribution < -0.4 is 14.9 Å². The van der Waals surface area contributed by atoms with Gasteiger partial charge in [-0.1, -0.05) is 100 Å². The Kier molecular flexibility index (Phi) is 17.8. The molecule has 1 aliphatic heterocycles. The molecule has 0 radical (unpaired) electrons. The van der Waals surface area contributed by atoms with Crippen molar-refractivity contribution in [2.24, 2.45) is 5.92 Å². The van der Waals surface area contributed by atoms with Crippen LogP contribution in [0.5, 0.6) is 5.75 Å². The number of carboxylic acids is 1. The standard InChI is InChI=1S/C31H33F3N2O5S.C23H23ClFNO5/c1-3-16-30(17-15-21-9-6-5-7-10-21)19-26(37)28(29(38)41-30)25(4-2)22-11-8-12-24(18-22)36-42(39,40)27-14-13-23(20-35-27)31(32,33)34;1-12(2)19(11-27)26-10-16(23(29)30)22(28)15-8-14(20(31-3)9-18(15)26)7-13-5-4-6-17(24)21(13)25/h5-14,18,20,25,36-37H,3-4,15-17,19H2,1-2H3;4-6,8-10,12,19,27H,7,11H2,1-3H3,(H,29,30)/t25-,30-;19-/m11/s1. The van der Waals surface area contributed by atoms with Crippen LogP contribution in [-0.4, -0.2) is 64.5 Å². The van der Waals surface area contributed by atoms with Gasteiger partial charge in [0.25, 0.3) is 10.0 Å². The third kappa shape index (κ3) is 12.9. The van der Waals surface area contributed by atoms with Gasteiger partial charge in [-0.05, 0) is 90.3 Å². The van der Waals surface area contributed by atoms with Crippen LogP contribution in [0.25, 0.3) is 10.9 Å². The highest BCUT2D eigenvalue weighted by atomic mass is 35.5. The van der Waals surface area contributed by atoms with E-state index in [0.717, 1.165) is 18.1 Å². The summed E-state index contributed by atoms with van der Waals surface area (Å²) in [6.07, 6.45) is 0.342. The zero-order valence-corrected chi connectivity index (χ0v) is 42.2. The zero-order chi connectivity index (χ0) is 53.4. The van der Waals surface area contributed by atoms with E-state index in [4.69, 9.17) is 21.1 Å². The number of methoxy groups -OCH3 is 1. The smallest absolute Gasteiger partial charge is 0.417 e. The minimum absolute atomic E-state index is 0.0181. The fourth-order valence-electron chi connectivity index (χ4n) is 9.05. The van der Waals surface area contributed by atoms with Gasteiger partial charge in [0.15, 0.2) is 5.03 Å². The number of aliphatic hydroxyl groups excluding tert-OH is 2. The van der Waals surface area contributed by atoms with Crippen molar-refractivity contribution < 1.29 is 60.4 Å². The van der Waals surface area contributed by atoms with Gasteiger partial charge >= 0.3 is 18.1 Å². The fourth-order valence-corrected chi connectivity index (χ4v) is 10.2. The number of cyclic esters (lactones) is 1. The van der Waals surface area contributed by atoms with Crippen LogP contribution in [0, 0.1) is 11.7 Å². The molecule has 1 aliphatic rings. The molecule has 0 fully saturated rings. The molecule has 3 heterocycles. The van der Waals surface area contributed by atoms with E-state index >= 15 is 0 Å². The number of carbonyl (C=O) groups excluding carboxylic acids is 1. The first-order valence-corrected chi connectivity index (χ1v) is 25.3. The topological polar surface area (TPSA) is 194 Å². The van der Waals surface area contributed by atoms with E-state index in [9.17, 15) is 55.7 Å². The number of halogens is 5. The average Bonchev–Trinajstić information content (AvgIpc) is 3.34. The number of sulfonamides is 1. The summed E-state index contributed by atoms with van der Waals surface area (Å²) in [7, 11) is -2.85. The Morgan fingerprint density at radius 2 is 1.68 bits per heavy atom. The molecule has 388 valence electrons. The normalized spacial score (nSPS) is 15.9. The Labute approximate surface area is 425 Å². The van der Waals surface area contributed by atoms with E-state index in [1.807, 2.05) is 58.0 Å². The number of esters is 1. The van der Waals surface area contributed by atoms with Gasteiger partial charge in [-0.3, -0.25) is 9.52 Å². The summed E-state index contributed by atoms with van der Waals surface area (Å²) < 4.78 is 94.2. The van der Waals surface area contributed by atoms with Crippen molar-refractivity contribution in [3.05, 3.63) is 175 Å². The molecule has 0 unspecified atom stereocenters.